The van der Waals surface area contributed by atoms with Crippen LogP contribution in [-0.4, -0.2) is 6.61 Å². The molecule has 0 fully saturated rings. The van der Waals surface area contributed by atoms with Crippen LogP contribution in [0, 0.1) is 0 Å². The second-order valence-electron chi connectivity index (χ2n) is 4.99. The predicted octanol–water partition coefficient (Wildman–Crippen LogP) is 4.32. The highest BCUT2D eigenvalue weighted by Gasteiger charge is 2.16. The first-order valence-electron chi connectivity index (χ1n) is 6.82. The van der Waals surface area contributed by atoms with Crippen molar-refractivity contribution in [3.63, 3.8) is 0 Å². The summed E-state index contributed by atoms with van der Waals surface area (Å²) in [7, 11) is 0. The van der Waals surface area contributed by atoms with Crippen molar-refractivity contribution in [2.45, 2.75) is 18.8 Å². The van der Waals surface area contributed by atoms with E-state index in [-0.39, 0.29) is 0 Å². The summed E-state index contributed by atoms with van der Waals surface area (Å²) in [6.45, 7) is 0.794. The molecule has 2 aromatic carbocycles. The third-order valence-corrected chi connectivity index (χ3v) is 3.59. The van der Waals surface area contributed by atoms with Crippen molar-refractivity contribution in [2.75, 3.05) is 6.61 Å². The van der Waals surface area contributed by atoms with Crippen LogP contribution in [0.1, 0.15) is 23.5 Å². The van der Waals surface area contributed by atoms with Crippen molar-refractivity contribution < 1.29 is 4.74 Å². The SMILES string of the molecule is C1=C(Cc2ccccc2)OCC(c2ccccc2)C1. The molecule has 0 N–H and O–H groups in total. The Morgan fingerprint density at radius 3 is 2.21 bits per heavy atom. The molecule has 2 aromatic rings. The zero-order chi connectivity index (χ0) is 12.9. The smallest absolute Gasteiger partial charge is 0.0964 e. The van der Waals surface area contributed by atoms with Gasteiger partial charge in [-0.15, -0.1) is 0 Å². The van der Waals surface area contributed by atoms with Gasteiger partial charge in [-0.3, -0.25) is 0 Å². The summed E-state index contributed by atoms with van der Waals surface area (Å²) in [5.41, 5.74) is 2.68. The molecule has 0 radical (unpaired) electrons. The van der Waals surface area contributed by atoms with Crippen LogP contribution in [0.5, 0.6) is 0 Å². The van der Waals surface area contributed by atoms with Gasteiger partial charge in [0.2, 0.25) is 0 Å². The van der Waals surface area contributed by atoms with Crippen LogP contribution in [0.15, 0.2) is 72.5 Å². The molecule has 3 rings (SSSR count). The van der Waals surface area contributed by atoms with Crippen LogP contribution >= 0.6 is 0 Å². The van der Waals surface area contributed by atoms with Crippen LogP contribution in [0.3, 0.4) is 0 Å². The molecule has 1 aliphatic heterocycles. The first kappa shape index (κ1) is 12.0. The molecule has 0 aromatic heterocycles. The lowest BCUT2D eigenvalue weighted by molar-refractivity contribution is 0.170. The van der Waals surface area contributed by atoms with E-state index < -0.39 is 0 Å². The number of allylic oxidation sites excluding steroid dienone is 2. The lowest BCUT2D eigenvalue weighted by Gasteiger charge is -2.23. The maximum Gasteiger partial charge on any atom is 0.0964 e. The zero-order valence-corrected chi connectivity index (χ0v) is 11.0. The fourth-order valence-corrected chi connectivity index (χ4v) is 2.49. The molecule has 1 heterocycles. The van der Waals surface area contributed by atoms with Gasteiger partial charge >= 0.3 is 0 Å². The quantitative estimate of drug-likeness (QED) is 0.788. The molecule has 0 saturated carbocycles. The van der Waals surface area contributed by atoms with Crippen LogP contribution in [0.4, 0.5) is 0 Å². The molecule has 1 unspecified atom stereocenters. The molecular formula is C18H18O. The van der Waals surface area contributed by atoms with E-state index in [1.54, 1.807) is 0 Å². The van der Waals surface area contributed by atoms with E-state index in [1.165, 1.54) is 11.1 Å². The van der Waals surface area contributed by atoms with Gasteiger partial charge in [-0.25, -0.2) is 0 Å². The van der Waals surface area contributed by atoms with Crippen LogP contribution in [-0.2, 0) is 11.2 Å². The third-order valence-electron chi connectivity index (χ3n) is 3.59. The molecule has 1 heteroatoms. The Labute approximate surface area is 114 Å². The van der Waals surface area contributed by atoms with Crippen molar-refractivity contribution in [1.82, 2.24) is 0 Å². The van der Waals surface area contributed by atoms with Gasteiger partial charge in [-0.05, 0) is 23.6 Å². The highest BCUT2D eigenvalue weighted by Crippen LogP contribution is 2.27. The lowest BCUT2D eigenvalue weighted by atomic mass is 9.94. The van der Waals surface area contributed by atoms with Crippen LogP contribution in [0.25, 0.3) is 0 Å². The van der Waals surface area contributed by atoms with Crippen molar-refractivity contribution in [3.8, 4) is 0 Å². The standard InChI is InChI=1S/C18H18O/c1-3-7-15(8-4-1)13-18-12-11-17(14-19-18)16-9-5-2-6-10-16/h1-10,12,17H,11,13-14H2. The topological polar surface area (TPSA) is 9.23 Å². The Morgan fingerprint density at radius 2 is 1.58 bits per heavy atom. The van der Waals surface area contributed by atoms with E-state index in [4.69, 9.17) is 4.74 Å². The van der Waals surface area contributed by atoms with Crippen molar-refractivity contribution in [1.29, 1.82) is 0 Å². The van der Waals surface area contributed by atoms with Gasteiger partial charge in [0, 0.05) is 12.3 Å². The van der Waals surface area contributed by atoms with E-state index in [9.17, 15) is 0 Å². The number of ether oxygens (including phenoxy) is 1. The van der Waals surface area contributed by atoms with Gasteiger partial charge in [-0.2, -0.15) is 0 Å². The van der Waals surface area contributed by atoms with E-state index >= 15 is 0 Å². The molecule has 0 bridgehead atoms. The first-order chi connectivity index (χ1) is 9.42. The molecule has 96 valence electrons. The third kappa shape index (κ3) is 3.05. The predicted molar refractivity (Wildman–Crippen MR) is 78.0 cm³/mol. The van der Waals surface area contributed by atoms with Gasteiger partial charge in [0.1, 0.15) is 0 Å². The van der Waals surface area contributed by atoms with Crippen LogP contribution in [0.2, 0.25) is 0 Å². The lowest BCUT2D eigenvalue weighted by Crippen LogP contribution is -2.13. The van der Waals surface area contributed by atoms with Gasteiger partial charge in [0.25, 0.3) is 0 Å². The highest BCUT2D eigenvalue weighted by atomic mass is 16.5. The van der Waals surface area contributed by atoms with Gasteiger partial charge in [-0.1, -0.05) is 60.7 Å². The fourth-order valence-electron chi connectivity index (χ4n) is 2.49. The van der Waals surface area contributed by atoms with Gasteiger partial charge < -0.3 is 4.74 Å². The number of hydrogen-bond donors (Lipinski definition) is 0. The fraction of sp³-hybridized carbons (Fsp3) is 0.222. The minimum absolute atomic E-state index is 0.501. The molecule has 0 amide bonds. The molecule has 0 spiro atoms. The second kappa shape index (κ2) is 5.75. The molecule has 0 saturated heterocycles. The van der Waals surface area contributed by atoms with E-state index in [2.05, 4.69) is 60.7 Å². The maximum atomic E-state index is 5.91. The average Bonchev–Trinajstić information content (AvgIpc) is 2.50. The van der Waals surface area contributed by atoms with Crippen molar-refractivity contribution in [3.05, 3.63) is 83.6 Å². The molecule has 1 aliphatic rings. The normalized spacial score (nSPS) is 18.5. The van der Waals surface area contributed by atoms with Crippen molar-refractivity contribution >= 4 is 0 Å². The Hall–Kier alpha value is -2.02. The summed E-state index contributed by atoms with van der Waals surface area (Å²) in [6, 6.07) is 21.1. The summed E-state index contributed by atoms with van der Waals surface area (Å²) in [5, 5.41) is 0. The molecule has 19 heavy (non-hydrogen) atoms. The van der Waals surface area contributed by atoms with Gasteiger partial charge in [0.15, 0.2) is 0 Å². The largest absolute Gasteiger partial charge is 0.497 e. The Balaban J connectivity index is 1.64. The highest BCUT2D eigenvalue weighted by molar-refractivity contribution is 5.24. The first-order valence-corrected chi connectivity index (χ1v) is 6.82. The van der Waals surface area contributed by atoms with Gasteiger partial charge in [0.05, 0.1) is 12.4 Å². The molecule has 1 nitrogen and oxygen atoms in total. The number of benzene rings is 2. The second-order valence-corrected chi connectivity index (χ2v) is 4.99. The monoisotopic (exact) mass is 250 g/mol. The summed E-state index contributed by atoms with van der Waals surface area (Å²) >= 11 is 0. The van der Waals surface area contributed by atoms with E-state index in [0.29, 0.717) is 5.92 Å². The minimum Gasteiger partial charge on any atom is -0.497 e. The van der Waals surface area contributed by atoms with Crippen molar-refractivity contribution in [2.24, 2.45) is 0 Å². The average molecular weight is 250 g/mol. The Kier molecular flexibility index (Phi) is 3.64. The van der Waals surface area contributed by atoms with E-state index in [0.717, 1.165) is 25.2 Å². The van der Waals surface area contributed by atoms with Crippen LogP contribution < -0.4 is 0 Å². The minimum atomic E-state index is 0.501. The van der Waals surface area contributed by atoms with E-state index in [1.807, 2.05) is 6.07 Å². The number of rotatable bonds is 3. The molecule has 1 atom stereocenters. The maximum absolute atomic E-state index is 5.91. The molecule has 0 aliphatic carbocycles. The Morgan fingerprint density at radius 1 is 0.895 bits per heavy atom. The molecular weight excluding hydrogens is 232 g/mol. The summed E-state index contributed by atoms with van der Waals surface area (Å²) in [5.74, 6) is 1.61. The summed E-state index contributed by atoms with van der Waals surface area (Å²) in [4.78, 5) is 0. The number of hydrogen-bond acceptors (Lipinski definition) is 1. The zero-order valence-electron chi connectivity index (χ0n) is 11.0. The Bertz CT molecular complexity index is 542. The summed E-state index contributed by atoms with van der Waals surface area (Å²) in [6.07, 6.45) is 4.22. The summed E-state index contributed by atoms with van der Waals surface area (Å²) < 4.78 is 5.91.